The van der Waals surface area contributed by atoms with Crippen LogP contribution in [0.25, 0.3) is 16.5 Å². The Hall–Kier alpha value is -3.54. The first-order valence-electron chi connectivity index (χ1n) is 12.5. The molecule has 35 heavy (non-hydrogen) atoms. The molecule has 0 radical (unpaired) electrons. The predicted octanol–water partition coefficient (Wildman–Crippen LogP) is 5.12. The summed E-state index contributed by atoms with van der Waals surface area (Å²) in [5, 5.41) is 4.38. The maximum absolute atomic E-state index is 13.8. The molecule has 3 aromatic rings. The van der Waals surface area contributed by atoms with Crippen molar-refractivity contribution in [2.45, 2.75) is 57.7 Å². The van der Waals surface area contributed by atoms with Gasteiger partial charge in [0.15, 0.2) is 0 Å². The Balaban J connectivity index is 1.58. The first-order valence-corrected chi connectivity index (χ1v) is 12.5. The Morgan fingerprint density at radius 3 is 2.49 bits per heavy atom. The van der Waals surface area contributed by atoms with Gasteiger partial charge in [0, 0.05) is 47.9 Å². The van der Waals surface area contributed by atoms with Crippen LogP contribution >= 0.6 is 0 Å². The maximum atomic E-state index is 13.8. The van der Waals surface area contributed by atoms with Crippen molar-refractivity contribution in [1.29, 1.82) is 0 Å². The molecule has 0 saturated heterocycles. The molecule has 6 nitrogen and oxygen atoms in total. The van der Waals surface area contributed by atoms with Crippen molar-refractivity contribution in [3.8, 4) is 5.75 Å². The van der Waals surface area contributed by atoms with Crippen molar-refractivity contribution in [2.24, 2.45) is 7.05 Å². The van der Waals surface area contributed by atoms with E-state index in [1.807, 2.05) is 50.4 Å². The maximum Gasteiger partial charge on any atom is 0.248 e. The highest BCUT2D eigenvalue weighted by Gasteiger charge is 2.35. The van der Waals surface area contributed by atoms with Gasteiger partial charge in [-0.25, -0.2) is 0 Å². The molecule has 1 aliphatic heterocycles. The van der Waals surface area contributed by atoms with Crippen LogP contribution in [0.5, 0.6) is 5.75 Å². The SMILES string of the molecule is COc1ccc(C(C(=O)NC2CCCCC2)N2Cc3c(n(C)c4ccccc34)C(C)=CC2=O)cc1. The van der Waals surface area contributed by atoms with E-state index in [-0.39, 0.29) is 17.9 Å². The van der Waals surface area contributed by atoms with Gasteiger partial charge in [-0.15, -0.1) is 0 Å². The lowest BCUT2D eigenvalue weighted by Crippen LogP contribution is -2.46. The normalized spacial score (nSPS) is 17.5. The van der Waals surface area contributed by atoms with Crippen molar-refractivity contribution in [1.82, 2.24) is 14.8 Å². The summed E-state index contributed by atoms with van der Waals surface area (Å²) in [6.07, 6.45) is 7.12. The number of allylic oxidation sites excluding steroid dienone is 1. The molecule has 182 valence electrons. The molecule has 2 amide bonds. The fourth-order valence-electron chi connectivity index (χ4n) is 5.72. The first-order chi connectivity index (χ1) is 17.0. The van der Waals surface area contributed by atoms with Gasteiger partial charge in [0.1, 0.15) is 11.8 Å². The van der Waals surface area contributed by atoms with Gasteiger partial charge in [0.2, 0.25) is 11.8 Å². The van der Waals surface area contributed by atoms with Crippen LogP contribution in [-0.4, -0.2) is 34.4 Å². The molecule has 1 unspecified atom stereocenters. The third-order valence-corrected chi connectivity index (χ3v) is 7.48. The summed E-state index contributed by atoms with van der Waals surface area (Å²) in [7, 11) is 3.66. The average molecular weight is 472 g/mol. The lowest BCUT2D eigenvalue weighted by Gasteiger charge is -2.32. The second-order valence-electron chi connectivity index (χ2n) is 9.72. The number of benzene rings is 2. The number of carbonyl (C=O) groups excluding carboxylic acids is 2. The molecule has 0 bridgehead atoms. The first kappa shape index (κ1) is 23.2. The summed E-state index contributed by atoms with van der Waals surface area (Å²) in [5.41, 5.74) is 4.93. The molecule has 0 spiro atoms. The molecule has 5 rings (SSSR count). The number of nitrogens with zero attached hydrogens (tertiary/aromatic N) is 2. The number of hydrogen-bond donors (Lipinski definition) is 1. The number of para-hydroxylation sites is 1. The van der Waals surface area contributed by atoms with Gasteiger partial charge < -0.3 is 19.5 Å². The highest BCUT2D eigenvalue weighted by molar-refractivity contribution is 6.02. The molecule has 2 heterocycles. The summed E-state index contributed by atoms with van der Waals surface area (Å²) >= 11 is 0. The summed E-state index contributed by atoms with van der Waals surface area (Å²) in [6.45, 7) is 2.34. The zero-order valence-electron chi connectivity index (χ0n) is 20.7. The topological polar surface area (TPSA) is 63.6 Å². The fourth-order valence-corrected chi connectivity index (χ4v) is 5.72. The fraction of sp³-hybridized carbons (Fsp3) is 0.379. The van der Waals surface area contributed by atoms with Gasteiger partial charge >= 0.3 is 0 Å². The van der Waals surface area contributed by atoms with Gasteiger partial charge in [0.05, 0.1) is 7.11 Å². The number of methoxy groups -OCH3 is 1. The third-order valence-electron chi connectivity index (χ3n) is 7.48. The van der Waals surface area contributed by atoms with Crippen molar-refractivity contribution < 1.29 is 14.3 Å². The van der Waals surface area contributed by atoms with E-state index in [9.17, 15) is 9.59 Å². The van der Waals surface area contributed by atoms with Gasteiger partial charge in [-0.1, -0.05) is 49.6 Å². The Bertz CT molecular complexity index is 1280. The number of fused-ring (bicyclic) bond motifs is 3. The number of ether oxygens (including phenoxy) is 1. The molecule has 1 fully saturated rings. The van der Waals surface area contributed by atoms with Crippen LogP contribution in [0.15, 0.2) is 54.6 Å². The van der Waals surface area contributed by atoms with Gasteiger partial charge in [0.25, 0.3) is 0 Å². The second-order valence-corrected chi connectivity index (χ2v) is 9.72. The predicted molar refractivity (Wildman–Crippen MR) is 138 cm³/mol. The molecule has 1 N–H and O–H groups in total. The Kier molecular flexibility index (Phi) is 6.37. The molecule has 2 aromatic carbocycles. The molecular weight excluding hydrogens is 438 g/mol. The van der Waals surface area contributed by atoms with Crippen LogP contribution in [0.3, 0.4) is 0 Å². The third kappa shape index (κ3) is 4.33. The quantitative estimate of drug-likeness (QED) is 0.562. The van der Waals surface area contributed by atoms with Crippen molar-refractivity contribution in [2.75, 3.05) is 7.11 Å². The van der Waals surface area contributed by atoms with E-state index in [0.29, 0.717) is 6.54 Å². The van der Waals surface area contributed by atoms with E-state index in [0.717, 1.165) is 64.7 Å². The van der Waals surface area contributed by atoms with Crippen LogP contribution in [0.4, 0.5) is 0 Å². The minimum atomic E-state index is -0.732. The van der Waals surface area contributed by atoms with E-state index in [1.54, 1.807) is 18.1 Å². The highest BCUT2D eigenvalue weighted by atomic mass is 16.5. The highest BCUT2D eigenvalue weighted by Crippen LogP contribution is 2.36. The van der Waals surface area contributed by atoms with Crippen LogP contribution in [0, 0.1) is 0 Å². The van der Waals surface area contributed by atoms with Crippen LogP contribution in [0.2, 0.25) is 0 Å². The standard InChI is InChI=1S/C29H33N3O3/c1-19-17-26(33)32(18-24-23-11-7-8-12-25(23)31(2)27(19)24)28(20-13-15-22(35-3)16-14-20)29(34)30-21-9-5-4-6-10-21/h7-8,11-17,21,28H,4-6,9-10,18H2,1-3H3,(H,30,34). The number of rotatable bonds is 5. The lowest BCUT2D eigenvalue weighted by atomic mass is 9.94. The molecule has 6 heteroatoms. The number of aromatic nitrogens is 1. The molecule has 1 aromatic heterocycles. The average Bonchev–Trinajstić information content (AvgIpc) is 3.08. The summed E-state index contributed by atoms with van der Waals surface area (Å²) in [5.74, 6) is 0.446. The van der Waals surface area contributed by atoms with Crippen LogP contribution < -0.4 is 10.1 Å². The van der Waals surface area contributed by atoms with E-state index in [4.69, 9.17) is 4.74 Å². The van der Waals surface area contributed by atoms with E-state index < -0.39 is 6.04 Å². The van der Waals surface area contributed by atoms with E-state index >= 15 is 0 Å². The molecule has 1 saturated carbocycles. The second kappa shape index (κ2) is 9.61. The van der Waals surface area contributed by atoms with Gasteiger partial charge in [-0.3, -0.25) is 9.59 Å². The van der Waals surface area contributed by atoms with Crippen molar-refractivity contribution in [3.05, 3.63) is 71.4 Å². The van der Waals surface area contributed by atoms with Gasteiger partial charge in [-0.2, -0.15) is 0 Å². The monoisotopic (exact) mass is 471 g/mol. The molecule has 2 aliphatic rings. The summed E-state index contributed by atoms with van der Waals surface area (Å²) in [6, 6.07) is 15.2. The number of hydrogen-bond acceptors (Lipinski definition) is 3. The Morgan fingerprint density at radius 1 is 1.06 bits per heavy atom. The van der Waals surface area contributed by atoms with Crippen LogP contribution in [-0.2, 0) is 23.2 Å². The molecule has 1 atom stereocenters. The van der Waals surface area contributed by atoms with Crippen molar-refractivity contribution in [3.63, 3.8) is 0 Å². The number of amides is 2. The molecule has 1 aliphatic carbocycles. The van der Waals surface area contributed by atoms with Crippen LogP contribution in [0.1, 0.15) is 61.9 Å². The Labute approximate surface area is 206 Å². The van der Waals surface area contributed by atoms with E-state index in [1.165, 1.54) is 6.42 Å². The summed E-state index contributed by atoms with van der Waals surface area (Å²) in [4.78, 5) is 29.2. The largest absolute Gasteiger partial charge is 0.497 e. The number of carbonyl (C=O) groups is 2. The zero-order valence-corrected chi connectivity index (χ0v) is 20.7. The van der Waals surface area contributed by atoms with Gasteiger partial charge in [-0.05, 0) is 49.1 Å². The van der Waals surface area contributed by atoms with Crippen molar-refractivity contribution >= 4 is 28.3 Å². The minimum absolute atomic E-state index is 0.120. The summed E-state index contributed by atoms with van der Waals surface area (Å²) < 4.78 is 7.49. The minimum Gasteiger partial charge on any atom is -0.497 e. The number of nitrogens with one attached hydrogen (secondary N) is 1. The van der Waals surface area contributed by atoms with E-state index in [2.05, 4.69) is 22.0 Å². The number of aryl methyl sites for hydroxylation is 1. The lowest BCUT2D eigenvalue weighted by molar-refractivity contribution is -0.138. The molecular formula is C29H33N3O3. The zero-order chi connectivity index (χ0) is 24.5. The Morgan fingerprint density at radius 2 is 1.77 bits per heavy atom. The smallest absolute Gasteiger partial charge is 0.248 e.